The first kappa shape index (κ1) is 19.4. The number of carbonyl (C=O) groups is 1. The van der Waals surface area contributed by atoms with Crippen molar-refractivity contribution in [1.29, 1.82) is 0 Å². The number of hydrogen-bond acceptors (Lipinski definition) is 3. The quantitative estimate of drug-likeness (QED) is 0.635. The molecule has 1 aromatic heterocycles. The Hall–Kier alpha value is -3.36. The number of hydrogen-bond donors (Lipinski definition) is 1. The van der Waals surface area contributed by atoms with E-state index >= 15 is 0 Å². The van der Waals surface area contributed by atoms with Crippen molar-refractivity contribution >= 4 is 22.6 Å². The Morgan fingerprint density at radius 2 is 2.00 bits per heavy atom. The zero-order valence-corrected chi connectivity index (χ0v) is 14.6. The number of anilines is 1. The molecular formula is C19H15F4N3O2. The van der Waals surface area contributed by atoms with Crippen LogP contribution in [0.2, 0.25) is 0 Å². The Kier molecular flexibility index (Phi) is 5.62. The molecule has 1 N–H and O–H groups in total. The van der Waals surface area contributed by atoms with Crippen molar-refractivity contribution in [3.63, 3.8) is 0 Å². The summed E-state index contributed by atoms with van der Waals surface area (Å²) in [6.07, 6.45) is 1.41. The molecule has 0 aliphatic carbocycles. The smallest absolute Gasteiger partial charge is 0.387 e. The average Bonchev–Trinajstić information content (AvgIpc) is 2.65. The number of pyridine rings is 1. The number of nitrogens with zero attached hydrogens (tertiary/aromatic N) is 2. The summed E-state index contributed by atoms with van der Waals surface area (Å²) in [6.45, 7) is -3.11. The first-order valence-electron chi connectivity index (χ1n) is 8.13. The van der Waals surface area contributed by atoms with Gasteiger partial charge < -0.3 is 15.0 Å². The van der Waals surface area contributed by atoms with E-state index in [2.05, 4.69) is 15.0 Å². The van der Waals surface area contributed by atoms with Gasteiger partial charge >= 0.3 is 12.6 Å². The van der Waals surface area contributed by atoms with Crippen LogP contribution in [0.3, 0.4) is 0 Å². The molecule has 0 fully saturated rings. The molecule has 3 aromatic rings. The molecule has 5 nitrogen and oxygen atoms in total. The van der Waals surface area contributed by atoms with E-state index < -0.39 is 24.3 Å². The molecule has 0 radical (unpaired) electrons. The van der Waals surface area contributed by atoms with Crippen LogP contribution >= 0.6 is 0 Å². The van der Waals surface area contributed by atoms with Crippen molar-refractivity contribution in [1.82, 2.24) is 9.88 Å². The summed E-state index contributed by atoms with van der Waals surface area (Å²) in [4.78, 5) is 17.7. The van der Waals surface area contributed by atoms with Gasteiger partial charge in [-0.05, 0) is 30.3 Å². The minimum atomic E-state index is -3.01. The predicted molar refractivity (Wildman–Crippen MR) is 95.2 cm³/mol. The maximum atomic E-state index is 13.8. The van der Waals surface area contributed by atoms with Gasteiger partial charge in [-0.2, -0.15) is 8.78 Å². The summed E-state index contributed by atoms with van der Waals surface area (Å²) in [5, 5.41) is 3.02. The van der Waals surface area contributed by atoms with Gasteiger partial charge in [0, 0.05) is 36.8 Å². The van der Waals surface area contributed by atoms with Crippen LogP contribution in [-0.4, -0.2) is 29.6 Å². The van der Waals surface area contributed by atoms with E-state index in [1.807, 2.05) is 0 Å². The molecule has 0 saturated heterocycles. The van der Waals surface area contributed by atoms with Gasteiger partial charge in [0.2, 0.25) is 0 Å². The third-order valence-electron chi connectivity index (χ3n) is 3.96. The zero-order chi connectivity index (χ0) is 20.3. The Bertz CT molecular complexity index is 1010. The maximum absolute atomic E-state index is 13.8. The van der Waals surface area contributed by atoms with Crippen molar-refractivity contribution in [3.8, 4) is 5.75 Å². The van der Waals surface area contributed by atoms with Crippen LogP contribution in [0.5, 0.6) is 5.75 Å². The Morgan fingerprint density at radius 1 is 1.21 bits per heavy atom. The van der Waals surface area contributed by atoms with Gasteiger partial charge in [0.15, 0.2) is 5.75 Å². The van der Waals surface area contributed by atoms with Gasteiger partial charge in [-0.1, -0.05) is 6.07 Å². The number of aromatic nitrogens is 1. The predicted octanol–water partition coefficient (Wildman–Crippen LogP) is 4.78. The minimum Gasteiger partial charge on any atom is -0.432 e. The second-order valence-corrected chi connectivity index (χ2v) is 5.91. The van der Waals surface area contributed by atoms with E-state index in [4.69, 9.17) is 0 Å². The van der Waals surface area contributed by atoms with E-state index in [-0.39, 0.29) is 23.4 Å². The number of fused-ring (bicyclic) bond motifs is 1. The van der Waals surface area contributed by atoms with Gasteiger partial charge in [0.05, 0.1) is 5.69 Å². The normalized spacial score (nSPS) is 10.9. The van der Waals surface area contributed by atoms with E-state index in [1.165, 1.54) is 36.3 Å². The van der Waals surface area contributed by atoms with Gasteiger partial charge in [-0.15, -0.1) is 0 Å². The molecule has 2 amide bonds. The first-order chi connectivity index (χ1) is 13.3. The molecule has 0 atom stereocenters. The van der Waals surface area contributed by atoms with Crippen molar-refractivity contribution < 1.29 is 27.1 Å². The average molecular weight is 393 g/mol. The summed E-state index contributed by atoms with van der Waals surface area (Å²) in [5.74, 6) is -1.59. The molecule has 3 rings (SSSR count). The molecule has 2 aromatic carbocycles. The monoisotopic (exact) mass is 393 g/mol. The molecule has 0 saturated carbocycles. The highest BCUT2D eigenvalue weighted by molar-refractivity contribution is 6.02. The number of ether oxygens (including phenoxy) is 1. The molecule has 0 aliphatic rings. The van der Waals surface area contributed by atoms with Crippen LogP contribution in [-0.2, 0) is 6.54 Å². The lowest BCUT2D eigenvalue weighted by Crippen LogP contribution is -2.31. The van der Waals surface area contributed by atoms with E-state index in [0.29, 0.717) is 11.1 Å². The van der Waals surface area contributed by atoms with Crippen LogP contribution in [0.15, 0.2) is 48.7 Å². The van der Waals surface area contributed by atoms with E-state index in [1.54, 1.807) is 12.1 Å². The van der Waals surface area contributed by atoms with Crippen LogP contribution in [0.4, 0.5) is 28.0 Å². The molecule has 1 heterocycles. The van der Waals surface area contributed by atoms with Crippen LogP contribution in [0.25, 0.3) is 10.9 Å². The Morgan fingerprint density at radius 3 is 2.71 bits per heavy atom. The Balaban J connectivity index is 1.81. The number of carbonyl (C=O) groups excluding carboxylic acids is 1. The number of halogens is 4. The molecule has 9 heteroatoms. The zero-order valence-electron chi connectivity index (χ0n) is 14.6. The van der Waals surface area contributed by atoms with Crippen molar-refractivity contribution in [2.24, 2.45) is 0 Å². The highest BCUT2D eigenvalue weighted by Gasteiger charge is 2.16. The molecule has 0 spiro atoms. The number of urea groups is 1. The second kappa shape index (κ2) is 8.12. The van der Waals surface area contributed by atoms with Crippen molar-refractivity contribution in [3.05, 3.63) is 65.9 Å². The van der Waals surface area contributed by atoms with E-state index in [0.717, 1.165) is 12.1 Å². The summed E-state index contributed by atoms with van der Waals surface area (Å²) in [5.41, 5.74) is 0.625. The largest absolute Gasteiger partial charge is 0.432 e. The topological polar surface area (TPSA) is 54.5 Å². The molecule has 0 unspecified atom stereocenters. The fraction of sp³-hybridized carbons (Fsp3) is 0.158. The molecular weight excluding hydrogens is 378 g/mol. The van der Waals surface area contributed by atoms with Crippen molar-refractivity contribution in [2.45, 2.75) is 13.2 Å². The first-order valence-corrected chi connectivity index (χ1v) is 8.13. The number of benzene rings is 2. The third-order valence-corrected chi connectivity index (χ3v) is 3.96. The second-order valence-electron chi connectivity index (χ2n) is 5.91. The SMILES string of the molecule is CN(Cc1ccc(F)cc1F)C(=O)Nc1ccc(OC(F)F)c2ncccc12. The third kappa shape index (κ3) is 4.30. The van der Waals surface area contributed by atoms with Crippen LogP contribution < -0.4 is 10.1 Å². The maximum Gasteiger partial charge on any atom is 0.387 e. The van der Waals surface area contributed by atoms with Crippen LogP contribution in [0, 0.1) is 11.6 Å². The lowest BCUT2D eigenvalue weighted by molar-refractivity contribution is -0.0489. The highest BCUT2D eigenvalue weighted by atomic mass is 19.3. The molecule has 0 bridgehead atoms. The highest BCUT2D eigenvalue weighted by Crippen LogP contribution is 2.31. The molecule has 28 heavy (non-hydrogen) atoms. The number of nitrogens with one attached hydrogen (secondary N) is 1. The summed E-state index contributed by atoms with van der Waals surface area (Å²) >= 11 is 0. The number of alkyl halides is 2. The number of amides is 2. The standard InChI is InChI=1S/C19H15F4N3O2/c1-26(10-11-4-5-12(20)9-14(11)21)19(27)25-15-6-7-16(28-18(22)23)17-13(15)3-2-8-24-17/h2-9,18H,10H2,1H3,(H,25,27). The van der Waals surface area contributed by atoms with Gasteiger partial charge in [0.25, 0.3) is 0 Å². The van der Waals surface area contributed by atoms with Gasteiger partial charge in [0.1, 0.15) is 17.2 Å². The fourth-order valence-electron chi connectivity index (χ4n) is 2.63. The van der Waals surface area contributed by atoms with Crippen molar-refractivity contribution in [2.75, 3.05) is 12.4 Å². The Labute approximate surface area is 157 Å². The van der Waals surface area contributed by atoms with Gasteiger partial charge in [-0.3, -0.25) is 4.98 Å². The summed E-state index contributed by atoms with van der Waals surface area (Å²) in [6, 6.07) is 8.38. The molecule has 146 valence electrons. The molecule has 0 aliphatic heterocycles. The van der Waals surface area contributed by atoms with Gasteiger partial charge in [-0.25, -0.2) is 13.6 Å². The number of rotatable bonds is 5. The minimum absolute atomic E-state index is 0.0965. The summed E-state index contributed by atoms with van der Waals surface area (Å²) in [7, 11) is 1.44. The summed E-state index contributed by atoms with van der Waals surface area (Å²) < 4.78 is 56.3. The van der Waals surface area contributed by atoms with E-state index in [9.17, 15) is 22.4 Å². The lowest BCUT2D eigenvalue weighted by atomic mass is 10.1. The fourth-order valence-corrected chi connectivity index (χ4v) is 2.63. The van der Waals surface area contributed by atoms with Crippen LogP contribution in [0.1, 0.15) is 5.56 Å². The lowest BCUT2D eigenvalue weighted by Gasteiger charge is -2.19.